The fourth-order valence-electron chi connectivity index (χ4n) is 1.44. The lowest BCUT2D eigenvalue weighted by Gasteiger charge is -2.18. The van der Waals surface area contributed by atoms with Crippen LogP contribution in [0.3, 0.4) is 0 Å². The highest BCUT2D eigenvalue weighted by molar-refractivity contribution is 5.31. The lowest BCUT2D eigenvalue weighted by molar-refractivity contribution is 0.0137. The van der Waals surface area contributed by atoms with E-state index in [-0.39, 0.29) is 12.0 Å². The summed E-state index contributed by atoms with van der Waals surface area (Å²) in [7, 11) is 1.68. The van der Waals surface area contributed by atoms with Gasteiger partial charge in [-0.1, -0.05) is 0 Å². The van der Waals surface area contributed by atoms with Crippen molar-refractivity contribution in [3.05, 3.63) is 29.3 Å². The van der Waals surface area contributed by atoms with Crippen LogP contribution in [0.1, 0.15) is 18.1 Å². The van der Waals surface area contributed by atoms with Crippen LogP contribution in [0.5, 0.6) is 5.75 Å². The van der Waals surface area contributed by atoms with Gasteiger partial charge in [-0.3, -0.25) is 0 Å². The molecule has 4 nitrogen and oxygen atoms in total. The van der Waals surface area contributed by atoms with Crippen LogP contribution in [-0.2, 0) is 0 Å². The maximum Gasteiger partial charge on any atom is 0.200 e. The molecule has 1 aromatic rings. The first-order valence-corrected chi connectivity index (χ1v) is 5.16. The molecule has 2 atom stereocenters. The van der Waals surface area contributed by atoms with Gasteiger partial charge < -0.3 is 20.6 Å². The summed E-state index contributed by atoms with van der Waals surface area (Å²) in [6.45, 7) is 0.466. The van der Waals surface area contributed by atoms with E-state index < -0.39 is 29.6 Å². The van der Waals surface area contributed by atoms with E-state index in [4.69, 9.17) is 5.11 Å². The van der Waals surface area contributed by atoms with Gasteiger partial charge in [-0.25, -0.2) is 4.39 Å². The molecule has 1 rings (SSSR count). The number of hydrogen-bond donors (Lipinski definition) is 4. The highest BCUT2D eigenvalue weighted by atomic mass is 19.2. The van der Waals surface area contributed by atoms with Gasteiger partial charge >= 0.3 is 0 Å². The third-order valence-corrected chi connectivity index (χ3v) is 2.43. The van der Waals surface area contributed by atoms with E-state index >= 15 is 0 Å². The van der Waals surface area contributed by atoms with Gasteiger partial charge in [0.25, 0.3) is 0 Å². The average Bonchev–Trinajstić information content (AvgIpc) is 2.31. The Morgan fingerprint density at radius 2 is 1.94 bits per heavy atom. The van der Waals surface area contributed by atoms with E-state index in [2.05, 4.69) is 5.32 Å². The topological polar surface area (TPSA) is 72.7 Å². The molecule has 96 valence electrons. The van der Waals surface area contributed by atoms with Crippen molar-refractivity contribution in [2.24, 2.45) is 0 Å². The third kappa shape index (κ3) is 3.36. The van der Waals surface area contributed by atoms with Gasteiger partial charge in [-0.2, -0.15) is 4.39 Å². The second-order valence-corrected chi connectivity index (χ2v) is 3.74. The number of aliphatic hydroxyl groups is 2. The lowest BCUT2D eigenvalue weighted by Crippen LogP contribution is -2.23. The van der Waals surface area contributed by atoms with Crippen LogP contribution in [0.25, 0.3) is 0 Å². The second kappa shape index (κ2) is 5.90. The molecule has 0 bridgehead atoms. The monoisotopic (exact) mass is 247 g/mol. The summed E-state index contributed by atoms with van der Waals surface area (Å²) < 4.78 is 25.8. The molecule has 6 heteroatoms. The molecular weight excluding hydrogens is 232 g/mol. The Balaban J connectivity index is 2.85. The van der Waals surface area contributed by atoms with E-state index in [9.17, 15) is 19.0 Å². The van der Waals surface area contributed by atoms with Crippen LogP contribution in [0.4, 0.5) is 8.78 Å². The number of hydrogen-bond acceptors (Lipinski definition) is 4. The fourth-order valence-corrected chi connectivity index (χ4v) is 1.44. The smallest absolute Gasteiger partial charge is 0.200 e. The van der Waals surface area contributed by atoms with Gasteiger partial charge in [0, 0.05) is 0 Å². The molecule has 1 aromatic carbocycles. The molecule has 0 heterocycles. The van der Waals surface area contributed by atoms with Crippen LogP contribution in [0, 0.1) is 11.6 Å². The Morgan fingerprint density at radius 3 is 2.47 bits per heavy atom. The molecule has 0 spiro atoms. The van der Waals surface area contributed by atoms with Gasteiger partial charge in [0.15, 0.2) is 17.4 Å². The van der Waals surface area contributed by atoms with Crippen molar-refractivity contribution < 1.29 is 24.1 Å². The first-order valence-electron chi connectivity index (χ1n) is 5.16. The molecule has 0 aliphatic rings. The zero-order valence-electron chi connectivity index (χ0n) is 9.32. The molecular formula is C11H15F2NO3. The van der Waals surface area contributed by atoms with Crippen molar-refractivity contribution in [1.29, 1.82) is 0 Å². The predicted octanol–water partition coefficient (Wildman–Crippen LogP) is 0.674. The number of phenols is 1. The fraction of sp³-hybridized carbons (Fsp3) is 0.455. The molecule has 0 radical (unpaired) electrons. The number of aromatic hydroxyl groups is 1. The quantitative estimate of drug-likeness (QED) is 0.617. The van der Waals surface area contributed by atoms with Crippen LogP contribution in [0.15, 0.2) is 12.1 Å². The third-order valence-electron chi connectivity index (χ3n) is 2.43. The molecule has 0 fully saturated rings. The normalized spacial score (nSPS) is 14.6. The summed E-state index contributed by atoms with van der Waals surface area (Å²) >= 11 is 0. The Hall–Kier alpha value is -1.24. The molecule has 0 saturated carbocycles. The molecule has 0 saturated heterocycles. The first-order chi connectivity index (χ1) is 7.97. The van der Waals surface area contributed by atoms with Gasteiger partial charge in [-0.05, 0) is 37.7 Å². The van der Waals surface area contributed by atoms with Gasteiger partial charge in [-0.15, -0.1) is 0 Å². The molecule has 4 N–H and O–H groups in total. The zero-order chi connectivity index (χ0) is 13.0. The van der Waals surface area contributed by atoms with Crippen molar-refractivity contribution in [3.8, 4) is 5.75 Å². The number of rotatable bonds is 5. The average molecular weight is 247 g/mol. The Labute approximate surface area is 97.5 Å². The van der Waals surface area contributed by atoms with Crippen molar-refractivity contribution in [2.45, 2.75) is 18.6 Å². The lowest BCUT2D eigenvalue weighted by atomic mass is 10.0. The minimum Gasteiger partial charge on any atom is -0.505 e. The van der Waals surface area contributed by atoms with Crippen molar-refractivity contribution >= 4 is 0 Å². The summed E-state index contributed by atoms with van der Waals surface area (Å²) in [6, 6.07) is 1.65. The summed E-state index contributed by atoms with van der Waals surface area (Å²) in [5.41, 5.74) is -0.0648. The van der Waals surface area contributed by atoms with E-state index in [0.717, 1.165) is 12.1 Å². The molecule has 2 unspecified atom stereocenters. The Bertz CT molecular complexity index is 364. The van der Waals surface area contributed by atoms with Crippen molar-refractivity contribution in [1.82, 2.24) is 5.32 Å². The Morgan fingerprint density at radius 1 is 1.29 bits per heavy atom. The largest absolute Gasteiger partial charge is 0.505 e. The van der Waals surface area contributed by atoms with Gasteiger partial charge in [0.2, 0.25) is 0 Å². The molecule has 0 aromatic heterocycles. The molecule has 0 aliphatic heterocycles. The minimum absolute atomic E-state index is 0.0648. The maximum atomic E-state index is 13.0. The molecule has 0 aliphatic carbocycles. The minimum atomic E-state index is -1.37. The number of benzene rings is 1. The van der Waals surface area contributed by atoms with Crippen molar-refractivity contribution in [3.63, 3.8) is 0 Å². The number of nitrogens with one attached hydrogen (secondary N) is 1. The van der Waals surface area contributed by atoms with Crippen LogP contribution in [-0.4, -0.2) is 35.0 Å². The predicted molar refractivity (Wildman–Crippen MR) is 57.5 cm³/mol. The summed E-state index contributed by atoms with van der Waals surface area (Å²) in [4.78, 5) is 0. The standard InChI is InChI=1S/C11H15F2NO3/c1-14-3-2-8(15)11(17)6-4-7(12)10(13)9(16)5-6/h4-5,8,11,14-17H,2-3H2,1H3. The number of aliphatic hydroxyl groups excluding tert-OH is 2. The van der Waals surface area contributed by atoms with E-state index in [1.165, 1.54) is 0 Å². The highest BCUT2D eigenvalue weighted by Gasteiger charge is 2.21. The van der Waals surface area contributed by atoms with Crippen molar-refractivity contribution in [2.75, 3.05) is 13.6 Å². The zero-order valence-corrected chi connectivity index (χ0v) is 9.32. The van der Waals surface area contributed by atoms with Crippen LogP contribution < -0.4 is 5.32 Å². The van der Waals surface area contributed by atoms with E-state index in [1.54, 1.807) is 7.05 Å². The maximum absolute atomic E-state index is 13.0. The number of halogens is 2. The summed E-state index contributed by atoms with van der Waals surface area (Å²) in [6.07, 6.45) is -2.24. The Kier molecular flexibility index (Phi) is 4.80. The SMILES string of the molecule is CNCCC(O)C(O)c1cc(O)c(F)c(F)c1. The van der Waals surface area contributed by atoms with Crippen LogP contribution in [0.2, 0.25) is 0 Å². The summed E-state index contributed by atoms with van der Waals surface area (Å²) in [5, 5.41) is 31.1. The highest BCUT2D eigenvalue weighted by Crippen LogP contribution is 2.26. The number of phenolic OH excluding ortho intramolecular Hbond substituents is 1. The van der Waals surface area contributed by atoms with Crippen LogP contribution >= 0.6 is 0 Å². The van der Waals surface area contributed by atoms with Gasteiger partial charge in [0.1, 0.15) is 6.10 Å². The molecule has 0 amide bonds. The van der Waals surface area contributed by atoms with E-state index in [1.807, 2.05) is 0 Å². The van der Waals surface area contributed by atoms with E-state index in [0.29, 0.717) is 6.54 Å². The first kappa shape index (κ1) is 13.8. The molecule has 17 heavy (non-hydrogen) atoms. The van der Waals surface area contributed by atoms with Gasteiger partial charge in [0.05, 0.1) is 6.10 Å². The second-order valence-electron chi connectivity index (χ2n) is 3.74. The summed E-state index contributed by atoms with van der Waals surface area (Å²) in [5.74, 6) is -3.52.